The third-order valence-electron chi connectivity index (χ3n) is 5.87. The number of aryl methyl sites for hydroxylation is 2. The Morgan fingerprint density at radius 3 is 2.56 bits per heavy atom. The van der Waals surface area contributed by atoms with Crippen molar-refractivity contribution in [3.8, 4) is 5.75 Å². The molecule has 2 atom stereocenters. The van der Waals surface area contributed by atoms with Gasteiger partial charge in [0, 0.05) is 11.3 Å². The largest absolute Gasteiger partial charge is 0.497 e. The standard InChI is InChI=1S/C25H26N2O6S/c1-14-4-9-19(15(2)10-14)22(29)26-20-23(30)27-21(17(11-28)13-34-24(20)27)25(31)33-12-16-5-7-18(32-3)8-6-16/h4-10,20,24,28H,11-13H2,1-3H3,(H,26,29)/t20-,24+/m0/s1. The van der Waals surface area contributed by atoms with Crippen molar-refractivity contribution >= 4 is 29.5 Å². The normalized spacial score (nSPS) is 19.3. The number of aliphatic hydroxyl groups is 1. The number of methoxy groups -OCH3 is 1. The van der Waals surface area contributed by atoms with E-state index in [4.69, 9.17) is 9.47 Å². The van der Waals surface area contributed by atoms with E-state index in [0.717, 1.165) is 16.7 Å². The Kier molecular flexibility index (Phi) is 6.95. The van der Waals surface area contributed by atoms with Gasteiger partial charge in [-0.3, -0.25) is 14.5 Å². The van der Waals surface area contributed by atoms with Gasteiger partial charge in [0.05, 0.1) is 13.7 Å². The lowest BCUT2D eigenvalue weighted by Gasteiger charge is -2.49. The van der Waals surface area contributed by atoms with Gasteiger partial charge in [-0.15, -0.1) is 11.8 Å². The molecule has 0 bridgehead atoms. The first-order valence-electron chi connectivity index (χ1n) is 10.8. The Hall–Kier alpha value is -3.30. The summed E-state index contributed by atoms with van der Waals surface area (Å²) in [6, 6.07) is 11.8. The van der Waals surface area contributed by atoms with Crippen LogP contribution in [0.4, 0.5) is 0 Å². The van der Waals surface area contributed by atoms with Crippen LogP contribution in [-0.4, -0.2) is 58.7 Å². The van der Waals surface area contributed by atoms with Crippen molar-refractivity contribution in [2.75, 3.05) is 19.5 Å². The minimum Gasteiger partial charge on any atom is -0.497 e. The molecule has 1 saturated heterocycles. The van der Waals surface area contributed by atoms with E-state index in [1.807, 2.05) is 26.0 Å². The molecule has 0 unspecified atom stereocenters. The van der Waals surface area contributed by atoms with Gasteiger partial charge in [-0.05, 0) is 48.7 Å². The van der Waals surface area contributed by atoms with E-state index in [-0.39, 0.29) is 24.8 Å². The minimum atomic E-state index is -0.761. The fraction of sp³-hybridized carbons (Fsp3) is 0.320. The number of aliphatic hydroxyl groups excluding tert-OH is 1. The first-order valence-corrected chi connectivity index (χ1v) is 11.8. The molecular weight excluding hydrogens is 456 g/mol. The molecule has 0 saturated carbocycles. The van der Waals surface area contributed by atoms with Crippen molar-refractivity contribution < 1.29 is 29.0 Å². The molecule has 2 aliphatic rings. The molecule has 1 fully saturated rings. The summed E-state index contributed by atoms with van der Waals surface area (Å²) in [5.41, 5.74) is 3.61. The van der Waals surface area contributed by atoms with Gasteiger partial charge in [0.15, 0.2) is 0 Å². The molecular formula is C25H26N2O6S. The molecule has 2 amide bonds. The number of ether oxygens (including phenoxy) is 2. The molecule has 4 rings (SSSR count). The maximum absolute atomic E-state index is 13.0. The van der Waals surface area contributed by atoms with Gasteiger partial charge in [0.1, 0.15) is 29.5 Å². The number of carbonyl (C=O) groups is 3. The summed E-state index contributed by atoms with van der Waals surface area (Å²) >= 11 is 1.39. The number of nitrogens with one attached hydrogen (secondary N) is 1. The number of esters is 1. The molecule has 0 radical (unpaired) electrons. The zero-order valence-electron chi connectivity index (χ0n) is 19.2. The van der Waals surface area contributed by atoms with Gasteiger partial charge in [0.2, 0.25) is 0 Å². The summed E-state index contributed by atoms with van der Waals surface area (Å²) in [5.74, 6) is -0.381. The molecule has 0 aliphatic carbocycles. The smallest absolute Gasteiger partial charge is 0.355 e. The molecule has 2 aromatic rings. The summed E-state index contributed by atoms with van der Waals surface area (Å²) in [4.78, 5) is 40.0. The van der Waals surface area contributed by atoms with Gasteiger partial charge in [-0.1, -0.05) is 29.8 Å². The lowest BCUT2D eigenvalue weighted by molar-refractivity contribution is -0.152. The summed E-state index contributed by atoms with van der Waals surface area (Å²) in [7, 11) is 1.57. The first kappa shape index (κ1) is 23.8. The second kappa shape index (κ2) is 9.90. The van der Waals surface area contributed by atoms with Crippen LogP contribution >= 0.6 is 11.8 Å². The van der Waals surface area contributed by atoms with Crippen molar-refractivity contribution in [3.63, 3.8) is 0 Å². The Bertz CT molecular complexity index is 1160. The van der Waals surface area contributed by atoms with Gasteiger partial charge >= 0.3 is 5.97 Å². The van der Waals surface area contributed by atoms with Crippen LogP contribution in [0.15, 0.2) is 53.7 Å². The number of rotatable bonds is 7. The zero-order chi connectivity index (χ0) is 24.4. The number of thioether (sulfide) groups is 1. The summed E-state index contributed by atoms with van der Waals surface area (Å²) < 4.78 is 10.6. The van der Waals surface area contributed by atoms with Gasteiger partial charge in [-0.2, -0.15) is 0 Å². The quantitative estimate of drug-likeness (QED) is 0.461. The van der Waals surface area contributed by atoms with E-state index >= 15 is 0 Å². The van der Waals surface area contributed by atoms with Crippen molar-refractivity contribution in [3.05, 3.63) is 76.0 Å². The molecule has 34 heavy (non-hydrogen) atoms. The highest BCUT2D eigenvalue weighted by atomic mass is 32.2. The zero-order valence-corrected chi connectivity index (χ0v) is 20.0. The molecule has 2 aliphatic heterocycles. The molecule has 0 spiro atoms. The van der Waals surface area contributed by atoms with Gasteiger partial charge in [0.25, 0.3) is 11.8 Å². The number of fused-ring (bicyclic) bond motifs is 1. The van der Waals surface area contributed by atoms with Crippen molar-refractivity contribution in [1.29, 1.82) is 0 Å². The monoisotopic (exact) mass is 482 g/mol. The number of benzene rings is 2. The van der Waals surface area contributed by atoms with Gasteiger partial charge in [-0.25, -0.2) is 4.79 Å². The minimum absolute atomic E-state index is 0.0116. The molecule has 178 valence electrons. The van der Waals surface area contributed by atoms with E-state index in [0.29, 0.717) is 22.6 Å². The van der Waals surface area contributed by atoms with E-state index in [9.17, 15) is 19.5 Å². The van der Waals surface area contributed by atoms with Crippen molar-refractivity contribution in [1.82, 2.24) is 10.2 Å². The maximum Gasteiger partial charge on any atom is 0.355 e. The number of hydrogen-bond donors (Lipinski definition) is 2. The second-order valence-corrected chi connectivity index (χ2v) is 9.32. The topological polar surface area (TPSA) is 105 Å². The Balaban J connectivity index is 1.45. The van der Waals surface area contributed by atoms with Crippen LogP contribution < -0.4 is 10.1 Å². The number of nitrogens with zero attached hydrogens (tertiary/aromatic N) is 1. The lowest BCUT2D eigenvalue weighted by Crippen LogP contribution is -2.70. The summed E-state index contributed by atoms with van der Waals surface area (Å²) in [6.07, 6.45) is 0. The number of carbonyl (C=O) groups excluding carboxylic acids is 3. The number of β-lactam (4-membered cyclic amide) rings is 1. The Morgan fingerprint density at radius 1 is 1.18 bits per heavy atom. The average molecular weight is 483 g/mol. The average Bonchev–Trinajstić information content (AvgIpc) is 2.84. The molecule has 8 nitrogen and oxygen atoms in total. The summed E-state index contributed by atoms with van der Waals surface area (Å²) in [5, 5.41) is 12.1. The van der Waals surface area contributed by atoms with Crippen LogP contribution in [0.3, 0.4) is 0 Å². The fourth-order valence-electron chi connectivity index (χ4n) is 4.02. The molecule has 0 aromatic heterocycles. The van der Waals surface area contributed by atoms with Crippen LogP contribution in [-0.2, 0) is 20.9 Å². The predicted octanol–water partition coefficient (Wildman–Crippen LogP) is 2.32. The lowest BCUT2D eigenvalue weighted by atomic mass is 10.0. The van der Waals surface area contributed by atoms with Gasteiger partial charge < -0.3 is 19.9 Å². The summed E-state index contributed by atoms with van der Waals surface area (Å²) in [6.45, 7) is 3.44. The second-order valence-electron chi connectivity index (χ2n) is 8.21. The maximum atomic E-state index is 13.0. The molecule has 2 aromatic carbocycles. The Labute approximate surface area is 201 Å². The highest BCUT2D eigenvalue weighted by Gasteiger charge is 2.54. The highest BCUT2D eigenvalue weighted by Crippen LogP contribution is 2.40. The third kappa shape index (κ3) is 4.53. The van der Waals surface area contributed by atoms with Crippen LogP contribution in [0.1, 0.15) is 27.0 Å². The van der Waals surface area contributed by atoms with Crippen molar-refractivity contribution in [2.45, 2.75) is 31.9 Å². The fourth-order valence-corrected chi connectivity index (χ4v) is 5.35. The van der Waals surface area contributed by atoms with E-state index < -0.39 is 23.3 Å². The van der Waals surface area contributed by atoms with E-state index in [2.05, 4.69) is 5.32 Å². The van der Waals surface area contributed by atoms with Crippen molar-refractivity contribution in [2.24, 2.45) is 0 Å². The predicted molar refractivity (Wildman–Crippen MR) is 127 cm³/mol. The van der Waals surface area contributed by atoms with Crippen LogP contribution in [0, 0.1) is 13.8 Å². The van der Waals surface area contributed by atoms with Crippen LogP contribution in [0.2, 0.25) is 0 Å². The van der Waals surface area contributed by atoms with E-state index in [1.165, 1.54) is 16.7 Å². The molecule has 9 heteroatoms. The van der Waals surface area contributed by atoms with Crippen LogP contribution in [0.5, 0.6) is 5.75 Å². The number of amides is 2. The number of hydrogen-bond acceptors (Lipinski definition) is 7. The highest BCUT2D eigenvalue weighted by molar-refractivity contribution is 8.00. The molecule has 2 N–H and O–H groups in total. The third-order valence-corrected chi connectivity index (χ3v) is 7.21. The molecule has 2 heterocycles. The first-order chi connectivity index (χ1) is 16.3. The SMILES string of the molecule is COc1ccc(COC(=O)C2=C(CO)CS[C@@H]3[C@@H](NC(=O)c4ccc(C)cc4C)C(=O)N23)cc1. The Morgan fingerprint density at radius 2 is 1.91 bits per heavy atom. The van der Waals surface area contributed by atoms with Crippen LogP contribution in [0.25, 0.3) is 0 Å². The van der Waals surface area contributed by atoms with E-state index in [1.54, 1.807) is 37.4 Å².